The molecule has 2 rings (SSSR count). The maximum Gasteiger partial charge on any atom is 0.305 e. The van der Waals surface area contributed by atoms with Gasteiger partial charge in [0, 0.05) is 18.4 Å². The third-order valence-corrected chi connectivity index (χ3v) is 2.58. The van der Waals surface area contributed by atoms with Crippen molar-refractivity contribution in [2.45, 2.75) is 12.8 Å². The Morgan fingerprint density at radius 2 is 2.24 bits per heavy atom. The number of hydrogen-bond donors (Lipinski definition) is 1. The first-order valence-electron chi connectivity index (χ1n) is 5.58. The molecule has 0 saturated carbocycles. The molecule has 4 nitrogen and oxygen atoms in total. The van der Waals surface area contributed by atoms with E-state index in [0.29, 0.717) is 6.42 Å². The summed E-state index contributed by atoms with van der Waals surface area (Å²) in [5.74, 6) is -0.177. The van der Waals surface area contributed by atoms with Gasteiger partial charge in [-0.15, -0.1) is 0 Å². The molecule has 0 spiro atoms. The average Bonchev–Trinajstić information content (AvgIpc) is 2.78. The third-order valence-electron chi connectivity index (χ3n) is 2.58. The topological polar surface area (TPSA) is 51.5 Å². The largest absolute Gasteiger partial charge is 0.469 e. The number of furan rings is 1. The van der Waals surface area contributed by atoms with Crippen molar-refractivity contribution >= 4 is 22.6 Å². The van der Waals surface area contributed by atoms with Crippen LogP contribution in [-0.4, -0.2) is 19.6 Å². The molecule has 0 amide bonds. The Kier molecular flexibility index (Phi) is 3.65. The summed E-state index contributed by atoms with van der Waals surface area (Å²) in [5, 5.41) is 4.31. The summed E-state index contributed by atoms with van der Waals surface area (Å²) >= 11 is 0. The number of carbonyl (C=O) groups is 1. The van der Waals surface area contributed by atoms with Gasteiger partial charge in [-0.05, 0) is 18.6 Å². The SMILES string of the molecule is COC(=O)CCCNc1coc2ccccc12. The average molecular weight is 233 g/mol. The van der Waals surface area contributed by atoms with Crippen molar-refractivity contribution in [3.8, 4) is 0 Å². The molecule has 1 aromatic heterocycles. The van der Waals surface area contributed by atoms with E-state index in [1.807, 2.05) is 24.3 Å². The van der Waals surface area contributed by atoms with Crippen molar-refractivity contribution in [3.05, 3.63) is 30.5 Å². The van der Waals surface area contributed by atoms with Gasteiger partial charge in [0.15, 0.2) is 0 Å². The Hall–Kier alpha value is -1.97. The number of methoxy groups -OCH3 is 1. The van der Waals surface area contributed by atoms with Crippen molar-refractivity contribution < 1.29 is 13.9 Å². The fraction of sp³-hybridized carbons (Fsp3) is 0.308. The maximum absolute atomic E-state index is 10.9. The number of fused-ring (bicyclic) bond motifs is 1. The van der Waals surface area contributed by atoms with Crippen LogP contribution in [0.5, 0.6) is 0 Å². The molecule has 0 saturated heterocycles. The first-order chi connectivity index (χ1) is 8.31. The molecule has 0 aliphatic heterocycles. The van der Waals surface area contributed by atoms with Crippen molar-refractivity contribution in [2.75, 3.05) is 19.0 Å². The molecule has 0 atom stereocenters. The Labute approximate surface area is 99.6 Å². The van der Waals surface area contributed by atoms with Crippen molar-refractivity contribution in [1.29, 1.82) is 0 Å². The van der Waals surface area contributed by atoms with Gasteiger partial charge in [-0.25, -0.2) is 0 Å². The van der Waals surface area contributed by atoms with Gasteiger partial charge in [-0.2, -0.15) is 0 Å². The van der Waals surface area contributed by atoms with Gasteiger partial charge in [0.25, 0.3) is 0 Å². The van der Waals surface area contributed by atoms with E-state index >= 15 is 0 Å². The summed E-state index contributed by atoms with van der Waals surface area (Å²) < 4.78 is 9.97. The summed E-state index contributed by atoms with van der Waals surface area (Å²) in [6.07, 6.45) is 2.87. The molecule has 0 bridgehead atoms. The minimum Gasteiger partial charge on any atom is -0.469 e. The van der Waals surface area contributed by atoms with Crippen LogP contribution >= 0.6 is 0 Å². The summed E-state index contributed by atoms with van der Waals surface area (Å²) in [6.45, 7) is 0.721. The molecule has 17 heavy (non-hydrogen) atoms. The number of rotatable bonds is 5. The number of carbonyl (C=O) groups excluding carboxylic acids is 1. The van der Waals surface area contributed by atoms with Gasteiger partial charge in [0.05, 0.1) is 12.8 Å². The Bertz CT molecular complexity index is 504. The van der Waals surface area contributed by atoms with E-state index in [1.165, 1.54) is 7.11 Å². The first-order valence-corrected chi connectivity index (χ1v) is 5.58. The van der Waals surface area contributed by atoms with Crippen LogP contribution in [0.3, 0.4) is 0 Å². The van der Waals surface area contributed by atoms with Crippen molar-refractivity contribution in [2.24, 2.45) is 0 Å². The smallest absolute Gasteiger partial charge is 0.305 e. The van der Waals surface area contributed by atoms with E-state index in [1.54, 1.807) is 6.26 Å². The highest BCUT2D eigenvalue weighted by Crippen LogP contribution is 2.25. The zero-order valence-electron chi connectivity index (χ0n) is 9.73. The quantitative estimate of drug-likeness (QED) is 0.637. The van der Waals surface area contributed by atoms with Crippen LogP contribution in [0, 0.1) is 0 Å². The molecule has 0 aliphatic rings. The van der Waals surface area contributed by atoms with Gasteiger partial charge in [-0.3, -0.25) is 4.79 Å². The van der Waals surface area contributed by atoms with Gasteiger partial charge in [0.1, 0.15) is 11.8 Å². The lowest BCUT2D eigenvalue weighted by atomic mass is 10.2. The number of benzene rings is 1. The molecular weight excluding hydrogens is 218 g/mol. The second-order valence-electron chi connectivity index (χ2n) is 3.75. The molecule has 1 aromatic carbocycles. The molecular formula is C13H15NO3. The lowest BCUT2D eigenvalue weighted by Gasteiger charge is -2.03. The minimum absolute atomic E-state index is 0.177. The molecule has 1 N–H and O–H groups in total. The molecule has 0 fully saturated rings. The zero-order valence-corrected chi connectivity index (χ0v) is 9.73. The van der Waals surface area contributed by atoms with Crippen LogP contribution < -0.4 is 5.32 Å². The highest BCUT2D eigenvalue weighted by molar-refractivity contribution is 5.90. The van der Waals surface area contributed by atoms with Crippen molar-refractivity contribution in [1.82, 2.24) is 0 Å². The normalized spacial score (nSPS) is 10.4. The number of hydrogen-bond acceptors (Lipinski definition) is 4. The van der Waals surface area contributed by atoms with E-state index in [4.69, 9.17) is 4.42 Å². The predicted molar refractivity (Wildman–Crippen MR) is 66.0 cm³/mol. The molecule has 0 aliphatic carbocycles. The number of ether oxygens (including phenoxy) is 1. The monoisotopic (exact) mass is 233 g/mol. The van der Waals surface area contributed by atoms with Crippen LogP contribution in [0.25, 0.3) is 11.0 Å². The van der Waals surface area contributed by atoms with Gasteiger partial charge in [-0.1, -0.05) is 12.1 Å². The Balaban J connectivity index is 1.89. The summed E-state index contributed by atoms with van der Waals surface area (Å²) in [6, 6.07) is 7.83. The molecule has 0 unspecified atom stereocenters. The minimum atomic E-state index is -0.177. The fourth-order valence-corrected chi connectivity index (χ4v) is 1.67. The third kappa shape index (κ3) is 2.78. The summed E-state index contributed by atoms with van der Waals surface area (Å²) in [5.41, 5.74) is 1.83. The predicted octanol–water partition coefficient (Wildman–Crippen LogP) is 2.80. The number of esters is 1. The summed E-state index contributed by atoms with van der Waals surface area (Å²) in [7, 11) is 1.40. The maximum atomic E-state index is 10.9. The van der Waals surface area contributed by atoms with Crippen LogP contribution in [-0.2, 0) is 9.53 Å². The van der Waals surface area contributed by atoms with Gasteiger partial charge >= 0.3 is 5.97 Å². The zero-order chi connectivity index (χ0) is 12.1. The molecule has 4 heteroatoms. The summed E-state index contributed by atoms with van der Waals surface area (Å²) in [4.78, 5) is 10.9. The van der Waals surface area contributed by atoms with E-state index in [-0.39, 0.29) is 5.97 Å². The van der Waals surface area contributed by atoms with E-state index in [9.17, 15) is 4.79 Å². The number of para-hydroxylation sites is 1. The van der Waals surface area contributed by atoms with Gasteiger partial charge < -0.3 is 14.5 Å². The highest BCUT2D eigenvalue weighted by atomic mass is 16.5. The van der Waals surface area contributed by atoms with E-state index in [0.717, 1.165) is 29.6 Å². The van der Waals surface area contributed by atoms with Crippen LogP contribution in [0.4, 0.5) is 5.69 Å². The number of nitrogens with one attached hydrogen (secondary N) is 1. The highest BCUT2D eigenvalue weighted by Gasteiger charge is 2.04. The van der Waals surface area contributed by atoms with Crippen molar-refractivity contribution in [3.63, 3.8) is 0 Å². The van der Waals surface area contributed by atoms with Gasteiger partial charge in [0.2, 0.25) is 0 Å². The van der Waals surface area contributed by atoms with Crippen LogP contribution in [0.1, 0.15) is 12.8 Å². The van der Waals surface area contributed by atoms with Crippen LogP contribution in [0.2, 0.25) is 0 Å². The van der Waals surface area contributed by atoms with E-state index in [2.05, 4.69) is 10.1 Å². The standard InChI is InChI=1S/C13H15NO3/c1-16-13(15)7-4-8-14-11-9-17-12-6-3-2-5-10(11)12/h2-3,5-6,9,14H,4,7-8H2,1H3. The molecule has 2 aromatic rings. The molecule has 1 heterocycles. The lowest BCUT2D eigenvalue weighted by Crippen LogP contribution is -2.06. The Morgan fingerprint density at radius 1 is 1.41 bits per heavy atom. The molecule has 0 radical (unpaired) electrons. The Morgan fingerprint density at radius 3 is 3.06 bits per heavy atom. The lowest BCUT2D eigenvalue weighted by molar-refractivity contribution is -0.140. The van der Waals surface area contributed by atoms with E-state index < -0.39 is 0 Å². The second-order valence-corrected chi connectivity index (χ2v) is 3.75. The second kappa shape index (κ2) is 5.39. The number of anilines is 1. The molecule has 90 valence electrons. The fourth-order valence-electron chi connectivity index (χ4n) is 1.67. The first kappa shape index (κ1) is 11.5. The van der Waals surface area contributed by atoms with Crippen LogP contribution in [0.15, 0.2) is 34.9 Å².